The van der Waals surface area contributed by atoms with Gasteiger partial charge in [-0.25, -0.2) is 0 Å². The standard InChI is InChI=1S/C17H26N2O2/c1-5-19(13-10-8-7-9-11-13)15(20)17(18)12-14(21-6-2)16(17,3)4/h7-11,14H,5-6,12,18H2,1-4H3. The zero-order chi connectivity index (χ0) is 15.7. The Morgan fingerprint density at radius 2 is 1.95 bits per heavy atom. The van der Waals surface area contributed by atoms with Crippen molar-refractivity contribution < 1.29 is 9.53 Å². The van der Waals surface area contributed by atoms with Crippen molar-refractivity contribution in [2.45, 2.75) is 45.8 Å². The molecule has 0 radical (unpaired) electrons. The van der Waals surface area contributed by atoms with E-state index in [1.165, 1.54) is 0 Å². The molecule has 1 saturated carbocycles. The minimum atomic E-state index is -0.862. The van der Waals surface area contributed by atoms with Crippen LogP contribution in [0.15, 0.2) is 30.3 Å². The minimum absolute atomic E-state index is 0.0165. The quantitative estimate of drug-likeness (QED) is 0.906. The zero-order valence-electron chi connectivity index (χ0n) is 13.4. The van der Waals surface area contributed by atoms with Crippen LogP contribution < -0.4 is 10.6 Å². The van der Waals surface area contributed by atoms with Gasteiger partial charge in [0.05, 0.1) is 6.10 Å². The number of nitrogens with two attached hydrogens (primary N) is 1. The first-order valence-corrected chi connectivity index (χ1v) is 7.66. The lowest BCUT2D eigenvalue weighted by Gasteiger charge is -2.58. The van der Waals surface area contributed by atoms with Gasteiger partial charge in [0, 0.05) is 30.7 Å². The highest BCUT2D eigenvalue weighted by Gasteiger charge is 2.63. The van der Waals surface area contributed by atoms with Crippen LogP contribution >= 0.6 is 0 Å². The zero-order valence-corrected chi connectivity index (χ0v) is 13.4. The van der Waals surface area contributed by atoms with E-state index in [0.717, 1.165) is 5.69 Å². The monoisotopic (exact) mass is 290 g/mol. The van der Waals surface area contributed by atoms with Gasteiger partial charge in [-0.15, -0.1) is 0 Å². The molecule has 4 nitrogen and oxygen atoms in total. The SMILES string of the molecule is CCOC1CC(N)(C(=O)N(CC)c2ccccc2)C1(C)C. The normalized spacial score (nSPS) is 27.0. The molecule has 0 spiro atoms. The van der Waals surface area contributed by atoms with Crippen molar-refractivity contribution in [3.63, 3.8) is 0 Å². The summed E-state index contributed by atoms with van der Waals surface area (Å²) >= 11 is 0. The molecule has 0 aromatic heterocycles. The van der Waals surface area contributed by atoms with E-state index in [9.17, 15) is 4.79 Å². The lowest BCUT2D eigenvalue weighted by Crippen LogP contribution is -2.76. The molecule has 2 rings (SSSR count). The number of ether oxygens (including phenoxy) is 1. The molecule has 0 heterocycles. The summed E-state index contributed by atoms with van der Waals surface area (Å²) in [5.74, 6) is -0.0165. The first-order chi connectivity index (χ1) is 9.88. The third-order valence-electron chi connectivity index (χ3n) is 4.84. The highest BCUT2D eigenvalue weighted by Crippen LogP contribution is 2.50. The van der Waals surface area contributed by atoms with Crippen LogP contribution in [-0.4, -0.2) is 30.7 Å². The van der Waals surface area contributed by atoms with E-state index in [0.29, 0.717) is 19.6 Å². The van der Waals surface area contributed by atoms with Crippen LogP contribution in [0.4, 0.5) is 5.69 Å². The Morgan fingerprint density at radius 3 is 2.43 bits per heavy atom. The third-order valence-corrected chi connectivity index (χ3v) is 4.84. The molecule has 1 fully saturated rings. The van der Waals surface area contributed by atoms with Crippen LogP contribution in [0.3, 0.4) is 0 Å². The Labute approximate surface area is 127 Å². The van der Waals surface area contributed by atoms with Crippen LogP contribution in [0.5, 0.6) is 0 Å². The number of carbonyl (C=O) groups is 1. The number of anilines is 1. The molecular weight excluding hydrogens is 264 g/mol. The lowest BCUT2D eigenvalue weighted by atomic mass is 9.54. The second-order valence-corrected chi connectivity index (χ2v) is 6.23. The van der Waals surface area contributed by atoms with Crippen LogP contribution in [0.25, 0.3) is 0 Å². The van der Waals surface area contributed by atoms with Crippen molar-refractivity contribution in [1.29, 1.82) is 0 Å². The molecule has 2 N–H and O–H groups in total. The molecule has 21 heavy (non-hydrogen) atoms. The molecule has 116 valence electrons. The minimum Gasteiger partial charge on any atom is -0.378 e. The predicted octanol–water partition coefficient (Wildman–Crippen LogP) is 2.57. The van der Waals surface area contributed by atoms with E-state index >= 15 is 0 Å². The second kappa shape index (κ2) is 5.78. The molecule has 1 amide bonds. The average Bonchev–Trinajstić information content (AvgIpc) is 2.48. The Hall–Kier alpha value is -1.39. The van der Waals surface area contributed by atoms with Crippen molar-refractivity contribution >= 4 is 11.6 Å². The van der Waals surface area contributed by atoms with Gasteiger partial charge in [-0.05, 0) is 26.0 Å². The summed E-state index contributed by atoms with van der Waals surface area (Å²) in [6.45, 7) is 9.24. The molecular formula is C17H26N2O2. The molecule has 2 atom stereocenters. The van der Waals surface area contributed by atoms with Gasteiger partial charge < -0.3 is 15.4 Å². The molecule has 1 aliphatic rings. The van der Waals surface area contributed by atoms with Crippen molar-refractivity contribution in [3.8, 4) is 0 Å². The van der Waals surface area contributed by atoms with Gasteiger partial charge in [-0.1, -0.05) is 32.0 Å². The molecule has 1 aliphatic carbocycles. The van der Waals surface area contributed by atoms with E-state index in [1.807, 2.05) is 58.0 Å². The van der Waals surface area contributed by atoms with E-state index in [4.69, 9.17) is 10.5 Å². The first kappa shape index (κ1) is 16.0. The van der Waals surface area contributed by atoms with Crippen molar-refractivity contribution in [2.75, 3.05) is 18.1 Å². The predicted molar refractivity (Wildman–Crippen MR) is 85.2 cm³/mol. The molecule has 0 bridgehead atoms. The fourth-order valence-corrected chi connectivity index (χ4v) is 3.09. The molecule has 2 unspecified atom stereocenters. The summed E-state index contributed by atoms with van der Waals surface area (Å²) in [5.41, 5.74) is 6.16. The van der Waals surface area contributed by atoms with Crippen molar-refractivity contribution in [2.24, 2.45) is 11.1 Å². The summed E-state index contributed by atoms with van der Waals surface area (Å²) in [6.07, 6.45) is 0.627. The van der Waals surface area contributed by atoms with E-state index < -0.39 is 5.54 Å². The largest absolute Gasteiger partial charge is 0.378 e. The number of rotatable bonds is 5. The van der Waals surface area contributed by atoms with E-state index in [2.05, 4.69) is 0 Å². The fraction of sp³-hybridized carbons (Fsp3) is 0.588. The summed E-state index contributed by atoms with van der Waals surface area (Å²) in [4.78, 5) is 14.8. The topological polar surface area (TPSA) is 55.6 Å². The Balaban J connectivity index is 2.23. The number of amides is 1. The molecule has 0 aliphatic heterocycles. The highest BCUT2D eigenvalue weighted by atomic mass is 16.5. The third kappa shape index (κ3) is 2.47. The summed E-state index contributed by atoms with van der Waals surface area (Å²) in [5, 5.41) is 0. The molecule has 4 heteroatoms. The van der Waals surface area contributed by atoms with Gasteiger partial charge in [0.2, 0.25) is 5.91 Å². The Bertz CT molecular complexity index is 501. The van der Waals surface area contributed by atoms with Crippen molar-refractivity contribution in [1.82, 2.24) is 0 Å². The van der Waals surface area contributed by atoms with Crippen LogP contribution in [0.2, 0.25) is 0 Å². The van der Waals surface area contributed by atoms with Crippen molar-refractivity contribution in [3.05, 3.63) is 30.3 Å². The van der Waals surface area contributed by atoms with Crippen LogP contribution in [0.1, 0.15) is 34.1 Å². The summed E-state index contributed by atoms with van der Waals surface area (Å²) < 4.78 is 5.71. The van der Waals surface area contributed by atoms with Crippen LogP contribution in [0, 0.1) is 5.41 Å². The van der Waals surface area contributed by atoms with E-state index in [-0.39, 0.29) is 17.4 Å². The Kier molecular flexibility index (Phi) is 4.40. The summed E-state index contributed by atoms with van der Waals surface area (Å²) in [7, 11) is 0. The number of hydrogen-bond donors (Lipinski definition) is 1. The second-order valence-electron chi connectivity index (χ2n) is 6.23. The van der Waals surface area contributed by atoms with Crippen LogP contribution in [-0.2, 0) is 9.53 Å². The first-order valence-electron chi connectivity index (χ1n) is 7.66. The highest BCUT2D eigenvalue weighted by molar-refractivity contribution is 6.01. The number of carbonyl (C=O) groups excluding carboxylic acids is 1. The lowest BCUT2D eigenvalue weighted by molar-refractivity contribution is -0.168. The maximum absolute atomic E-state index is 13.0. The molecule has 0 saturated heterocycles. The Morgan fingerprint density at radius 1 is 1.33 bits per heavy atom. The smallest absolute Gasteiger partial charge is 0.247 e. The van der Waals surface area contributed by atoms with Gasteiger partial charge in [0.15, 0.2) is 0 Å². The number of nitrogens with zero attached hydrogens (tertiary/aromatic N) is 1. The van der Waals surface area contributed by atoms with Gasteiger partial charge in [-0.2, -0.15) is 0 Å². The number of likely N-dealkylation sites (N-methyl/N-ethyl adjacent to an activating group) is 1. The van der Waals surface area contributed by atoms with Gasteiger partial charge in [-0.3, -0.25) is 4.79 Å². The van der Waals surface area contributed by atoms with E-state index in [1.54, 1.807) is 4.90 Å². The van der Waals surface area contributed by atoms with Gasteiger partial charge in [0.1, 0.15) is 5.54 Å². The number of benzene rings is 1. The molecule has 1 aromatic rings. The number of hydrogen-bond acceptors (Lipinski definition) is 3. The maximum atomic E-state index is 13.0. The fourth-order valence-electron chi connectivity index (χ4n) is 3.09. The molecule has 1 aromatic carbocycles. The van der Waals surface area contributed by atoms with Gasteiger partial charge in [0.25, 0.3) is 0 Å². The maximum Gasteiger partial charge on any atom is 0.247 e. The average molecular weight is 290 g/mol. The van der Waals surface area contributed by atoms with Gasteiger partial charge >= 0.3 is 0 Å². The number of para-hydroxylation sites is 1. The summed E-state index contributed by atoms with van der Waals surface area (Å²) in [6, 6.07) is 9.69.